The first-order valence-electron chi connectivity index (χ1n) is 9.51. The minimum absolute atomic E-state index is 0.228. The van der Waals surface area contributed by atoms with Gasteiger partial charge < -0.3 is 9.47 Å². The van der Waals surface area contributed by atoms with E-state index in [0.29, 0.717) is 5.75 Å². The summed E-state index contributed by atoms with van der Waals surface area (Å²) in [5.74, 6) is 6.13. The van der Waals surface area contributed by atoms with E-state index in [1.54, 1.807) is 37.3 Å². The molecule has 0 spiro atoms. The molecule has 0 amide bonds. The second kappa shape index (κ2) is 10.3. The van der Waals surface area contributed by atoms with E-state index in [9.17, 15) is 8.42 Å². The molecule has 6 heteroatoms. The zero-order valence-electron chi connectivity index (χ0n) is 16.5. The normalized spacial score (nSPS) is 15.1. The average molecular weight is 412 g/mol. The quantitative estimate of drug-likeness (QED) is 0.654. The molecule has 0 atom stereocenters. The molecule has 0 bridgehead atoms. The van der Waals surface area contributed by atoms with E-state index in [2.05, 4.69) is 16.7 Å². The van der Waals surface area contributed by atoms with Crippen molar-refractivity contribution in [3.63, 3.8) is 0 Å². The van der Waals surface area contributed by atoms with Gasteiger partial charge in [0.05, 0.1) is 18.1 Å². The largest absolute Gasteiger partial charge is 0.481 e. The molecule has 1 saturated heterocycles. The fourth-order valence-corrected chi connectivity index (χ4v) is 3.92. The van der Waals surface area contributed by atoms with Gasteiger partial charge in [-0.05, 0) is 48.4 Å². The van der Waals surface area contributed by atoms with Crippen molar-refractivity contribution in [2.24, 2.45) is 0 Å². The van der Waals surface area contributed by atoms with Crippen molar-refractivity contribution in [1.29, 1.82) is 0 Å². The van der Waals surface area contributed by atoms with Crippen molar-refractivity contribution in [2.75, 3.05) is 32.9 Å². The lowest BCUT2D eigenvalue weighted by Crippen LogP contribution is -2.35. The molecule has 3 rings (SSSR count). The van der Waals surface area contributed by atoms with Crippen molar-refractivity contribution in [2.45, 2.75) is 18.4 Å². The zero-order chi connectivity index (χ0) is 20.5. The van der Waals surface area contributed by atoms with Crippen molar-refractivity contribution in [3.05, 3.63) is 65.1 Å². The highest BCUT2D eigenvalue weighted by Gasteiger charge is 2.11. The van der Waals surface area contributed by atoms with Crippen molar-refractivity contribution >= 4 is 15.9 Å². The van der Waals surface area contributed by atoms with E-state index < -0.39 is 9.84 Å². The summed E-state index contributed by atoms with van der Waals surface area (Å²) in [6.45, 7) is 6.33. The van der Waals surface area contributed by atoms with E-state index in [1.165, 1.54) is 11.0 Å². The first-order valence-corrected chi connectivity index (χ1v) is 11.1. The summed E-state index contributed by atoms with van der Waals surface area (Å²) in [5.41, 5.74) is 2.05. The Bertz CT molecular complexity index is 978. The number of hydrogen-bond acceptors (Lipinski definition) is 5. The standard InChI is InChI=1S/C23H25NO4S/c1-2-3-15-28-22-8-10-23(11-9-22)29(25,26)18-12-20-4-6-21(7-5-20)19-24-13-16-27-17-14-24/h4-12,18H,13-17,19H2,1H3. The monoisotopic (exact) mass is 411 g/mol. The Morgan fingerprint density at radius 1 is 1.07 bits per heavy atom. The third-order valence-electron chi connectivity index (χ3n) is 4.57. The summed E-state index contributed by atoms with van der Waals surface area (Å²) in [6.07, 6.45) is 1.62. The molecule has 0 saturated carbocycles. The van der Waals surface area contributed by atoms with E-state index in [1.807, 2.05) is 24.3 Å². The van der Waals surface area contributed by atoms with Gasteiger partial charge in [0.2, 0.25) is 0 Å². The van der Waals surface area contributed by atoms with Crippen LogP contribution in [0.2, 0.25) is 0 Å². The maximum absolute atomic E-state index is 12.5. The minimum atomic E-state index is -3.52. The summed E-state index contributed by atoms with van der Waals surface area (Å²) in [6, 6.07) is 14.3. The van der Waals surface area contributed by atoms with Crippen LogP contribution in [0.1, 0.15) is 18.1 Å². The Kier molecular flexibility index (Phi) is 7.48. The van der Waals surface area contributed by atoms with Crippen LogP contribution in [0.4, 0.5) is 0 Å². The first-order chi connectivity index (χ1) is 14.1. The molecule has 2 aromatic rings. The number of hydrogen-bond donors (Lipinski definition) is 0. The highest BCUT2D eigenvalue weighted by Crippen LogP contribution is 2.19. The lowest BCUT2D eigenvalue weighted by molar-refractivity contribution is 0.0342. The molecule has 1 aliphatic rings. The molecule has 2 aromatic carbocycles. The number of nitrogens with zero attached hydrogens (tertiary/aromatic N) is 1. The van der Waals surface area contributed by atoms with Crippen LogP contribution < -0.4 is 4.74 Å². The molecule has 1 heterocycles. The molecular weight excluding hydrogens is 386 g/mol. The van der Waals surface area contributed by atoms with Crippen molar-refractivity contribution < 1.29 is 17.9 Å². The zero-order valence-corrected chi connectivity index (χ0v) is 17.3. The second-order valence-corrected chi connectivity index (χ2v) is 8.50. The molecule has 1 aliphatic heterocycles. The van der Waals surface area contributed by atoms with Gasteiger partial charge in [-0.15, -0.1) is 5.92 Å². The predicted octanol–water partition coefficient (Wildman–Crippen LogP) is 3.37. The third kappa shape index (κ3) is 6.47. The molecule has 152 valence electrons. The van der Waals surface area contributed by atoms with E-state index >= 15 is 0 Å². The number of morpholine rings is 1. The summed E-state index contributed by atoms with van der Waals surface area (Å²) in [5, 5.41) is 1.24. The maximum Gasteiger partial charge on any atom is 0.199 e. The lowest BCUT2D eigenvalue weighted by atomic mass is 10.1. The van der Waals surface area contributed by atoms with E-state index in [4.69, 9.17) is 9.47 Å². The molecule has 0 N–H and O–H groups in total. The molecule has 0 aromatic heterocycles. The molecule has 1 fully saturated rings. The van der Waals surface area contributed by atoms with Crippen LogP contribution in [0.15, 0.2) is 58.8 Å². The van der Waals surface area contributed by atoms with Crippen LogP contribution in [0.3, 0.4) is 0 Å². The molecular formula is C23H25NO4S. The fraction of sp³-hybridized carbons (Fsp3) is 0.304. The SMILES string of the molecule is CC#CCOc1ccc(S(=O)(=O)C=Cc2ccc(CN3CCOCC3)cc2)cc1. The summed E-state index contributed by atoms with van der Waals surface area (Å²) in [7, 11) is -3.52. The van der Waals surface area contributed by atoms with Gasteiger partial charge in [-0.2, -0.15) is 0 Å². The molecule has 29 heavy (non-hydrogen) atoms. The average Bonchev–Trinajstić information content (AvgIpc) is 2.75. The Labute approximate surface area is 172 Å². The van der Waals surface area contributed by atoms with E-state index in [0.717, 1.165) is 38.4 Å². The number of rotatable bonds is 7. The molecule has 0 aliphatic carbocycles. The summed E-state index contributed by atoms with van der Waals surface area (Å²) < 4.78 is 35.9. The van der Waals surface area contributed by atoms with Gasteiger partial charge in [-0.3, -0.25) is 4.90 Å². The Balaban J connectivity index is 1.60. The predicted molar refractivity (Wildman–Crippen MR) is 114 cm³/mol. The van der Waals surface area contributed by atoms with Gasteiger partial charge in [0.25, 0.3) is 0 Å². The first kappa shape index (κ1) is 21.1. The number of benzene rings is 2. The van der Waals surface area contributed by atoms with Crippen molar-refractivity contribution in [3.8, 4) is 17.6 Å². The van der Waals surface area contributed by atoms with Crippen LogP contribution in [0, 0.1) is 11.8 Å². The van der Waals surface area contributed by atoms with Gasteiger partial charge in [0.1, 0.15) is 12.4 Å². The van der Waals surface area contributed by atoms with Crippen LogP contribution in [-0.4, -0.2) is 46.2 Å². The highest BCUT2D eigenvalue weighted by molar-refractivity contribution is 7.94. The Morgan fingerprint density at radius 2 is 1.76 bits per heavy atom. The summed E-state index contributed by atoms with van der Waals surface area (Å²) >= 11 is 0. The third-order valence-corrected chi connectivity index (χ3v) is 5.99. The van der Waals surface area contributed by atoms with Crippen LogP contribution in [0.25, 0.3) is 6.08 Å². The van der Waals surface area contributed by atoms with Gasteiger partial charge in [0.15, 0.2) is 9.84 Å². The Hall–Kier alpha value is -2.59. The summed E-state index contributed by atoms with van der Waals surface area (Å²) in [4.78, 5) is 2.58. The molecule has 5 nitrogen and oxygen atoms in total. The molecule has 0 unspecified atom stereocenters. The fourth-order valence-electron chi connectivity index (χ4n) is 2.92. The van der Waals surface area contributed by atoms with Crippen molar-refractivity contribution in [1.82, 2.24) is 4.90 Å². The van der Waals surface area contributed by atoms with Gasteiger partial charge in [-0.25, -0.2) is 8.42 Å². The molecule has 0 radical (unpaired) electrons. The highest BCUT2D eigenvalue weighted by atomic mass is 32.2. The Morgan fingerprint density at radius 3 is 2.41 bits per heavy atom. The van der Waals surface area contributed by atoms with Gasteiger partial charge >= 0.3 is 0 Å². The van der Waals surface area contributed by atoms with Gasteiger partial charge in [0, 0.05) is 25.0 Å². The second-order valence-electron chi connectivity index (χ2n) is 6.66. The van der Waals surface area contributed by atoms with Crippen LogP contribution >= 0.6 is 0 Å². The van der Waals surface area contributed by atoms with E-state index in [-0.39, 0.29) is 11.5 Å². The smallest absolute Gasteiger partial charge is 0.199 e. The number of ether oxygens (including phenoxy) is 2. The van der Waals surface area contributed by atoms with Crippen LogP contribution in [-0.2, 0) is 21.1 Å². The lowest BCUT2D eigenvalue weighted by Gasteiger charge is -2.26. The van der Waals surface area contributed by atoms with Gasteiger partial charge in [-0.1, -0.05) is 30.2 Å². The topological polar surface area (TPSA) is 55.8 Å². The maximum atomic E-state index is 12.5. The number of sulfone groups is 1. The van der Waals surface area contributed by atoms with Crippen LogP contribution in [0.5, 0.6) is 5.75 Å². The minimum Gasteiger partial charge on any atom is -0.481 e.